The fourth-order valence-electron chi connectivity index (χ4n) is 4.10. The van der Waals surface area contributed by atoms with Gasteiger partial charge in [-0.05, 0) is 69.2 Å². The third-order valence-corrected chi connectivity index (χ3v) is 5.92. The Balaban J connectivity index is 1.69. The van der Waals surface area contributed by atoms with Gasteiger partial charge < -0.3 is 14.4 Å². The normalized spacial score (nSPS) is 15.8. The Labute approximate surface area is 193 Å². The molecule has 4 rings (SSSR count). The molecule has 1 aliphatic rings. The van der Waals surface area contributed by atoms with Crippen molar-refractivity contribution in [3.63, 3.8) is 0 Å². The van der Waals surface area contributed by atoms with Gasteiger partial charge in [0.15, 0.2) is 0 Å². The molecule has 1 aromatic heterocycles. The minimum absolute atomic E-state index is 0.142. The largest absolute Gasteiger partial charge is 0.497 e. The smallest absolute Gasteiger partial charge is 0.310 e. The maximum absolute atomic E-state index is 13.6. The number of aryl methyl sites for hydroxylation is 1. The predicted octanol–water partition coefficient (Wildman–Crippen LogP) is 4.27. The van der Waals surface area contributed by atoms with Crippen molar-refractivity contribution in [1.29, 1.82) is 0 Å². The Morgan fingerprint density at radius 3 is 2.48 bits per heavy atom. The molecule has 0 radical (unpaired) electrons. The van der Waals surface area contributed by atoms with Crippen LogP contribution in [0, 0.1) is 12.8 Å². The summed E-state index contributed by atoms with van der Waals surface area (Å²) in [5, 5.41) is 4.77. The summed E-state index contributed by atoms with van der Waals surface area (Å²) < 4.78 is 12.1. The zero-order chi connectivity index (χ0) is 23.4. The molecule has 0 N–H and O–H groups in total. The quantitative estimate of drug-likeness (QED) is 0.528. The van der Waals surface area contributed by atoms with E-state index in [1.165, 1.54) is 0 Å². The van der Waals surface area contributed by atoms with Crippen LogP contribution in [-0.4, -0.2) is 53.4 Å². The molecule has 33 heavy (non-hydrogen) atoms. The molecular weight excluding hydrogens is 418 g/mol. The molecule has 1 fully saturated rings. The minimum Gasteiger partial charge on any atom is -0.497 e. The summed E-state index contributed by atoms with van der Waals surface area (Å²) in [6.45, 7) is 5.12. The van der Waals surface area contributed by atoms with Crippen LogP contribution in [0.2, 0.25) is 0 Å². The molecule has 1 aliphatic heterocycles. The van der Waals surface area contributed by atoms with Gasteiger partial charge in [-0.25, -0.2) is 4.68 Å². The van der Waals surface area contributed by atoms with E-state index in [1.54, 1.807) is 23.6 Å². The van der Waals surface area contributed by atoms with E-state index >= 15 is 0 Å². The van der Waals surface area contributed by atoms with Crippen LogP contribution in [0.15, 0.2) is 54.6 Å². The first-order valence-electron chi connectivity index (χ1n) is 11.3. The van der Waals surface area contributed by atoms with E-state index in [0.717, 1.165) is 35.4 Å². The van der Waals surface area contributed by atoms with Crippen molar-refractivity contribution in [2.45, 2.75) is 26.7 Å². The number of ether oxygens (including phenoxy) is 2. The lowest BCUT2D eigenvalue weighted by Crippen LogP contribution is -2.43. The standard InChI is InChI=1S/C26H29N3O4/c1-4-33-26(31)20-6-5-15-28(17-20)25(30)24-16-23(19-9-13-22(32-3)14-10-19)27-29(24)21-11-7-18(2)8-12-21/h7-14,16,20H,4-6,15,17H2,1-3H3. The zero-order valence-corrected chi connectivity index (χ0v) is 19.3. The number of aromatic nitrogens is 2. The van der Waals surface area contributed by atoms with E-state index in [4.69, 9.17) is 14.6 Å². The Bertz CT molecular complexity index is 1120. The highest BCUT2D eigenvalue weighted by Crippen LogP contribution is 2.26. The molecule has 7 heteroatoms. The molecule has 0 aliphatic carbocycles. The number of benzene rings is 2. The predicted molar refractivity (Wildman–Crippen MR) is 126 cm³/mol. The number of hydrogen-bond donors (Lipinski definition) is 0. The fraction of sp³-hybridized carbons (Fsp3) is 0.346. The Morgan fingerprint density at radius 1 is 1.09 bits per heavy atom. The van der Waals surface area contributed by atoms with Gasteiger partial charge in [-0.3, -0.25) is 9.59 Å². The van der Waals surface area contributed by atoms with Crippen molar-refractivity contribution >= 4 is 11.9 Å². The molecule has 2 heterocycles. The number of rotatable bonds is 6. The van der Waals surface area contributed by atoms with Gasteiger partial charge in [-0.2, -0.15) is 5.10 Å². The third-order valence-electron chi connectivity index (χ3n) is 5.92. The second-order valence-electron chi connectivity index (χ2n) is 8.23. The van der Waals surface area contributed by atoms with Crippen molar-refractivity contribution < 1.29 is 19.1 Å². The summed E-state index contributed by atoms with van der Waals surface area (Å²) in [6.07, 6.45) is 1.50. The van der Waals surface area contributed by atoms with Gasteiger partial charge in [-0.15, -0.1) is 0 Å². The monoisotopic (exact) mass is 447 g/mol. The minimum atomic E-state index is -0.292. The van der Waals surface area contributed by atoms with Gasteiger partial charge in [0.2, 0.25) is 0 Å². The molecule has 2 aromatic carbocycles. The van der Waals surface area contributed by atoms with Crippen LogP contribution in [0.3, 0.4) is 0 Å². The topological polar surface area (TPSA) is 73.7 Å². The first-order chi connectivity index (χ1) is 16.0. The van der Waals surface area contributed by atoms with E-state index in [2.05, 4.69) is 0 Å². The second-order valence-corrected chi connectivity index (χ2v) is 8.23. The third kappa shape index (κ3) is 4.92. The zero-order valence-electron chi connectivity index (χ0n) is 19.3. The van der Waals surface area contributed by atoms with Gasteiger partial charge in [0.25, 0.3) is 5.91 Å². The van der Waals surface area contributed by atoms with E-state index in [9.17, 15) is 9.59 Å². The SMILES string of the molecule is CCOC(=O)C1CCCN(C(=O)c2cc(-c3ccc(OC)cc3)nn2-c2ccc(C)cc2)C1. The van der Waals surface area contributed by atoms with Crippen LogP contribution >= 0.6 is 0 Å². The molecule has 1 atom stereocenters. The number of hydrogen-bond acceptors (Lipinski definition) is 5. The van der Waals surface area contributed by atoms with Crippen LogP contribution in [-0.2, 0) is 9.53 Å². The van der Waals surface area contributed by atoms with Crippen molar-refractivity contribution in [3.05, 3.63) is 65.9 Å². The summed E-state index contributed by atoms with van der Waals surface area (Å²) in [5.74, 6) is 0.0867. The number of carbonyl (C=O) groups excluding carboxylic acids is 2. The van der Waals surface area contributed by atoms with Crippen molar-refractivity contribution in [1.82, 2.24) is 14.7 Å². The van der Waals surface area contributed by atoms with Crippen LogP contribution in [0.1, 0.15) is 35.8 Å². The van der Waals surface area contributed by atoms with Crippen molar-refractivity contribution in [2.24, 2.45) is 5.92 Å². The number of nitrogens with zero attached hydrogens (tertiary/aromatic N) is 3. The maximum atomic E-state index is 13.6. The molecule has 1 amide bonds. The van der Waals surface area contributed by atoms with Crippen LogP contribution in [0.5, 0.6) is 5.75 Å². The number of piperidine rings is 1. The number of likely N-dealkylation sites (tertiary alicyclic amines) is 1. The first-order valence-corrected chi connectivity index (χ1v) is 11.3. The molecule has 0 bridgehead atoms. The molecule has 172 valence electrons. The summed E-state index contributed by atoms with van der Waals surface area (Å²) in [5.41, 5.74) is 3.98. The van der Waals surface area contributed by atoms with Gasteiger partial charge in [0.05, 0.1) is 31.0 Å². The lowest BCUT2D eigenvalue weighted by atomic mass is 9.98. The Kier molecular flexibility index (Phi) is 6.77. The summed E-state index contributed by atoms with van der Waals surface area (Å²) in [4.78, 5) is 27.6. The van der Waals surface area contributed by atoms with Crippen LogP contribution in [0.4, 0.5) is 0 Å². The summed E-state index contributed by atoms with van der Waals surface area (Å²) in [7, 11) is 1.63. The van der Waals surface area contributed by atoms with E-state index in [0.29, 0.717) is 31.1 Å². The lowest BCUT2D eigenvalue weighted by molar-refractivity contribution is -0.149. The van der Waals surface area contributed by atoms with Crippen molar-refractivity contribution in [3.8, 4) is 22.7 Å². The van der Waals surface area contributed by atoms with Gasteiger partial charge in [0.1, 0.15) is 11.4 Å². The average molecular weight is 448 g/mol. The molecular formula is C26H29N3O4. The summed E-state index contributed by atoms with van der Waals surface area (Å²) in [6, 6.07) is 17.3. The van der Waals surface area contributed by atoms with E-state index in [1.807, 2.05) is 61.5 Å². The van der Waals surface area contributed by atoms with Crippen LogP contribution < -0.4 is 4.74 Å². The highest BCUT2D eigenvalue weighted by atomic mass is 16.5. The number of amides is 1. The number of esters is 1. The molecule has 7 nitrogen and oxygen atoms in total. The van der Waals surface area contributed by atoms with E-state index < -0.39 is 0 Å². The first kappa shape index (κ1) is 22.6. The lowest BCUT2D eigenvalue weighted by Gasteiger charge is -2.31. The van der Waals surface area contributed by atoms with Crippen molar-refractivity contribution in [2.75, 3.05) is 26.8 Å². The number of methoxy groups -OCH3 is 1. The van der Waals surface area contributed by atoms with Gasteiger partial charge in [0, 0.05) is 18.7 Å². The average Bonchev–Trinajstić information content (AvgIpc) is 3.30. The van der Waals surface area contributed by atoms with Gasteiger partial charge >= 0.3 is 5.97 Å². The molecule has 0 spiro atoms. The fourth-order valence-corrected chi connectivity index (χ4v) is 4.10. The highest BCUT2D eigenvalue weighted by molar-refractivity contribution is 5.95. The van der Waals surface area contributed by atoms with Gasteiger partial charge in [-0.1, -0.05) is 17.7 Å². The molecule has 3 aromatic rings. The second kappa shape index (κ2) is 9.90. The Morgan fingerprint density at radius 2 is 1.82 bits per heavy atom. The molecule has 1 saturated heterocycles. The Hall–Kier alpha value is -3.61. The summed E-state index contributed by atoms with van der Waals surface area (Å²) >= 11 is 0. The maximum Gasteiger partial charge on any atom is 0.310 e. The van der Waals surface area contributed by atoms with E-state index in [-0.39, 0.29) is 17.8 Å². The molecule has 1 unspecified atom stereocenters. The highest BCUT2D eigenvalue weighted by Gasteiger charge is 2.31. The van der Waals surface area contributed by atoms with Crippen LogP contribution in [0.25, 0.3) is 16.9 Å². The number of carbonyl (C=O) groups is 2. The molecule has 0 saturated carbocycles.